The Balaban J connectivity index is 2.15. The van der Waals surface area contributed by atoms with E-state index in [0.29, 0.717) is 17.3 Å². The van der Waals surface area contributed by atoms with Crippen LogP contribution in [0.4, 0.5) is 0 Å². The van der Waals surface area contributed by atoms with Crippen LogP contribution in [0.2, 0.25) is 0 Å². The van der Waals surface area contributed by atoms with Crippen LogP contribution in [-0.2, 0) is 5.75 Å². The van der Waals surface area contributed by atoms with Gasteiger partial charge in [0, 0.05) is 15.6 Å². The number of hydrogen-bond acceptors (Lipinski definition) is 4. The quantitative estimate of drug-likeness (QED) is 0.796. The van der Waals surface area contributed by atoms with Crippen LogP contribution in [0.5, 0.6) is 0 Å². The highest BCUT2D eigenvalue weighted by molar-refractivity contribution is 9.10. The molecule has 6 heteroatoms. The summed E-state index contributed by atoms with van der Waals surface area (Å²) in [6.45, 7) is 3.86. The molecule has 0 unspecified atom stereocenters. The number of thioether (sulfide) groups is 1. The lowest BCUT2D eigenvalue weighted by Crippen LogP contribution is -2.09. The van der Waals surface area contributed by atoms with Crippen LogP contribution in [0.3, 0.4) is 0 Å². The topological polar surface area (TPSA) is 63.1 Å². The van der Waals surface area contributed by atoms with E-state index < -0.39 is 5.97 Å². The maximum Gasteiger partial charge on any atom is 0.339 e. The molecule has 0 saturated heterocycles. The molecule has 0 saturated carbocycles. The van der Waals surface area contributed by atoms with Crippen molar-refractivity contribution in [3.8, 4) is 0 Å². The Labute approximate surface area is 136 Å². The molecule has 0 atom stereocenters. The van der Waals surface area contributed by atoms with Gasteiger partial charge in [-0.3, -0.25) is 0 Å². The van der Waals surface area contributed by atoms with Crippen molar-refractivity contribution in [2.24, 2.45) is 0 Å². The van der Waals surface area contributed by atoms with Crippen molar-refractivity contribution in [2.75, 3.05) is 0 Å². The van der Waals surface area contributed by atoms with Crippen molar-refractivity contribution in [3.63, 3.8) is 0 Å². The van der Waals surface area contributed by atoms with E-state index in [1.165, 1.54) is 6.20 Å². The average Bonchev–Trinajstić information content (AvgIpc) is 2.46. The zero-order valence-corrected chi connectivity index (χ0v) is 14.1. The second kappa shape index (κ2) is 7.04. The predicted molar refractivity (Wildman–Crippen MR) is 86.8 cm³/mol. The summed E-state index contributed by atoms with van der Waals surface area (Å²) in [5.41, 5.74) is 0.770. The molecule has 2 aromatic rings. The third-order valence-electron chi connectivity index (χ3n) is 2.83. The molecule has 4 nitrogen and oxygen atoms in total. The molecule has 0 aliphatic heterocycles. The third kappa shape index (κ3) is 4.28. The minimum Gasteiger partial charge on any atom is -0.478 e. The minimum absolute atomic E-state index is 0.0514. The SMILES string of the molecule is CC(C)c1nc(CSc2ccc(Br)cc2)ncc1C(=O)O. The summed E-state index contributed by atoms with van der Waals surface area (Å²) in [7, 11) is 0. The summed E-state index contributed by atoms with van der Waals surface area (Å²) in [6.07, 6.45) is 1.40. The molecule has 0 aliphatic rings. The van der Waals surface area contributed by atoms with Crippen molar-refractivity contribution in [2.45, 2.75) is 30.4 Å². The number of aromatic nitrogens is 2. The molecule has 2 rings (SSSR count). The van der Waals surface area contributed by atoms with Gasteiger partial charge in [0.25, 0.3) is 0 Å². The van der Waals surface area contributed by atoms with E-state index >= 15 is 0 Å². The van der Waals surface area contributed by atoms with Crippen LogP contribution in [0.25, 0.3) is 0 Å². The molecule has 0 amide bonds. The average molecular weight is 367 g/mol. The molecule has 0 fully saturated rings. The van der Waals surface area contributed by atoms with Gasteiger partial charge in [-0.15, -0.1) is 11.8 Å². The fourth-order valence-corrected chi connectivity index (χ4v) is 2.81. The molecule has 1 heterocycles. The number of halogens is 1. The third-order valence-corrected chi connectivity index (χ3v) is 4.36. The van der Waals surface area contributed by atoms with Gasteiger partial charge in [-0.25, -0.2) is 14.8 Å². The number of carbonyl (C=O) groups is 1. The van der Waals surface area contributed by atoms with E-state index in [-0.39, 0.29) is 11.5 Å². The van der Waals surface area contributed by atoms with Gasteiger partial charge < -0.3 is 5.11 Å². The number of rotatable bonds is 5. The van der Waals surface area contributed by atoms with Gasteiger partial charge in [-0.05, 0) is 30.2 Å². The van der Waals surface area contributed by atoms with Crippen LogP contribution in [0.1, 0.15) is 41.6 Å². The maximum atomic E-state index is 11.2. The Hall–Kier alpha value is -1.40. The highest BCUT2D eigenvalue weighted by atomic mass is 79.9. The van der Waals surface area contributed by atoms with Crippen molar-refractivity contribution < 1.29 is 9.90 Å². The Bertz CT molecular complexity index is 645. The largest absolute Gasteiger partial charge is 0.478 e. The van der Waals surface area contributed by atoms with Crippen molar-refractivity contribution in [1.29, 1.82) is 0 Å². The lowest BCUT2D eigenvalue weighted by Gasteiger charge is -2.10. The Morgan fingerprint density at radius 1 is 1.33 bits per heavy atom. The molecule has 0 spiro atoms. The van der Waals surface area contributed by atoms with Crippen LogP contribution in [0, 0.1) is 0 Å². The second-order valence-corrected chi connectivity index (χ2v) is 6.75. The number of carboxylic acids is 1. The zero-order chi connectivity index (χ0) is 15.4. The maximum absolute atomic E-state index is 11.2. The first-order valence-electron chi connectivity index (χ1n) is 6.45. The molecule has 110 valence electrons. The minimum atomic E-state index is -0.981. The zero-order valence-electron chi connectivity index (χ0n) is 11.7. The highest BCUT2D eigenvalue weighted by Crippen LogP contribution is 2.24. The Morgan fingerprint density at radius 2 is 2.00 bits per heavy atom. The summed E-state index contributed by atoms with van der Waals surface area (Å²) >= 11 is 5.02. The number of nitrogens with zero attached hydrogens (tertiary/aromatic N) is 2. The second-order valence-electron chi connectivity index (χ2n) is 4.79. The summed E-state index contributed by atoms with van der Waals surface area (Å²) < 4.78 is 1.04. The monoisotopic (exact) mass is 366 g/mol. The van der Waals surface area contributed by atoms with Crippen LogP contribution < -0.4 is 0 Å². The van der Waals surface area contributed by atoms with E-state index in [1.807, 2.05) is 38.1 Å². The molecule has 0 aliphatic carbocycles. The summed E-state index contributed by atoms with van der Waals surface area (Å²) in [5.74, 6) is 0.333. The van der Waals surface area contributed by atoms with E-state index in [9.17, 15) is 4.79 Å². The first kappa shape index (κ1) is 16.0. The number of aromatic carboxylic acids is 1. The van der Waals surface area contributed by atoms with Crippen LogP contribution in [-0.4, -0.2) is 21.0 Å². The van der Waals surface area contributed by atoms with E-state index in [2.05, 4.69) is 25.9 Å². The van der Waals surface area contributed by atoms with Gasteiger partial charge in [0.05, 0.1) is 17.0 Å². The van der Waals surface area contributed by atoms with Crippen LogP contribution >= 0.6 is 27.7 Å². The molecule has 21 heavy (non-hydrogen) atoms. The molecular formula is C15H15BrN2O2S. The molecule has 1 aromatic heterocycles. The molecule has 1 aromatic carbocycles. The van der Waals surface area contributed by atoms with Gasteiger partial charge >= 0.3 is 5.97 Å². The first-order chi connectivity index (χ1) is 9.97. The number of hydrogen-bond donors (Lipinski definition) is 1. The normalized spacial score (nSPS) is 10.9. The summed E-state index contributed by atoms with van der Waals surface area (Å²) in [4.78, 5) is 20.8. The van der Waals surface area contributed by atoms with Gasteiger partial charge in [0.1, 0.15) is 5.82 Å². The standard InChI is InChI=1S/C15H15BrN2O2S/c1-9(2)14-12(15(19)20)7-17-13(18-14)8-21-11-5-3-10(16)4-6-11/h3-7,9H,8H2,1-2H3,(H,19,20). The first-order valence-corrected chi connectivity index (χ1v) is 8.22. The van der Waals surface area contributed by atoms with Gasteiger partial charge in [-0.1, -0.05) is 29.8 Å². The summed E-state index contributed by atoms with van der Waals surface area (Å²) in [5, 5.41) is 9.15. The van der Waals surface area contributed by atoms with Crippen LogP contribution in [0.15, 0.2) is 39.8 Å². The van der Waals surface area contributed by atoms with Gasteiger partial charge in [-0.2, -0.15) is 0 Å². The molecular weight excluding hydrogens is 352 g/mol. The molecule has 0 radical (unpaired) electrons. The molecule has 0 bridgehead atoms. The van der Waals surface area contributed by atoms with Crippen molar-refractivity contribution in [1.82, 2.24) is 9.97 Å². The number of benzene rings is 1. The van der Waals surface area contributed by atoms with Gasteiger partial charge in [0.2, 0.25) is 0 Å². The van der Waals surface area contributed by atoms with Crippen molar-refractivity contribution >= 4 is 33.7 Å². The lowest BCUT2D eigenvalue weighted by molar-refractivity contribution is 0.0694. The fraction of sp³-hybridized carbons (Fsp3) is 0.267. The van der Waals surface area contributed by atoms with Gasteiger partial charge in [0.15, 0.2) is 0 Å². The predicted octanol–water partition coefficient (Wildman–Crippen LogP) is 4.35. The molecule has 1 N–H and O–H groups in total. The Kier molecular flexibility index (Phi) is 5.36. The van der Waals surface area contributed by atoms with E-state index in [0.717, 1.165) is 9.37 Å². The highest BCUT2D eigenvalue weighted by Gasteiger charge is 2.16. The number of carboxylic acid groups (broad SMARTS) is 1. The fourth-order valence-electron chi connectivity index (χ4n) is 1.79. The van der Waals surface area contributed by atoms with E-state index in [4.69, 9.17) is 5.11 Å². The van der Waals surface area contributed by atoms with E-state index in [1.54, 1.807) is 11.8 Å². The van der Waals surface area contributed by atoms with Crippen molar-refractivity contribution in [3.05, 3.63) is 52.0 Å². The lowest BCUT2D eigenvalue weighted by atomic mass is 10.1. The smallest absolute Gasteiger partial charge is 0.339 e. The Morgan fingerprint density at radius 3 is 2.57 bits per heavy atom. The summed E-state index contributed by atoms with van der Waals surface area (Å²) in [6, 6.07) is 8.00.